The fraction of sp³-hybridized carbons (Fsp3) is 0.421. The highest BCUT2D eigenvalue weighted by Gasteiger charge is 2.22. The third-order valence-corrected chi connectivity index (χ3v) is 6.81. The van der Waals surface area contributed by atoms with Crippen LogP contribution in [0.4, 0.5) is 5.69 Å². The highest BCUT2D eigenvalue weighted by atomic mass is 32.2. The lowest BCUT2D eigenvalue weighted by atomic mass is 10.0. The average Bonchev–Trinajstić information content (AvgIpc) is 3.13. The quantitative estimate of drug-likeness (QED) is 0.581. The number of carbonyl (C=O) groups is 2. The van der Waals surface area contributed by atoms with Gasteiger partial charge in [0.2, 0.25) is 15.9 Å². The fourth-order valence-corrected chi connectivity index (χ4v) is 4.57. The van der Waals surface area contributed by atoms with Crippen LogP contribution in [0.5, 0.6) is 0 Å². The van der Waals surface area contributed by atoms with Crippen molar-refractivity contribution in [1.82, 2.24) is 15.2 Å². The number of primary sulfonamides is 1. The maximum atomic E-state index is 12.3. The molecule has 1 saturated heterocycles. The first-order chi connectivity index (χ1) is 14.2. The molecular formula is C19H25N5O4S2. The Bertz CT molecular complexity index is 1010. The Kier molecular flexibility index (Phi) is 7.19. The molecule has 4 N–H and O–H groups in total. The Morgan fingerprint density at radius 3 is 2.67 bits per heavy atom. The Morgan fingerprint density at radius 1 is 1.30 bits per heavy atom. The van der Waals surface area contributed by atoms with Crippen molar-refractivity contribution in [3.63, 3.8) is 0 Å². The normalized spacial score (nSPS) is 15.7. The molecule has 0 radical (unpaired) electrons. The van der Waals surface area contributed by atoms with Gasteiger partial charge in [-0.15, -0.1) is 11.3 Å². The molecule has 1 aliphatic heterocycles. The summed E-state index contributed by atoms with van der Waals surface area (Å²) in [5.74, 6) is -0.271. The van der Waals surface area contributed by atoms with Crippen molar-refractivity contribution >= 4 is 38.9 Å². The molecule has 0 spiro atoms. The second-order valence-electron chi connectivity index (χ2n) is 7.23. The SMILES string of the molecule is Cc1ncsc1C(=O)NC1CCN(CCC(=O)Nc2cccc(S(N)(=O)=O)c2)CC1. The first kappa shape index (κ1) is 22.3. The smallest absolute Gasteiger partial charge is 0.263 e. The maximum Gasteiger partial charge on any atom is 0.263 e. The third-order valence-electron chi connectivity index (χ3n) is 4.98. The number of piperidine rings is 1. The largest absolute Gasteiger partial charge is 0.348 e. The van der Waals surface area contributed by atoms with E-state index in [2.05, 4.69) is 20.5 Å². The van der Waals surface area contributed by atoms with Crippen molar-refractivity contribution in [1.29, 1.82) is 0 Å². The van der Waals surface area contributed by atoms with Gasteiger partial charge in [0.15, 0.2) is 0 Å². The Balaban J connectivity index is 1.41. The number of nitrogens with zero attached hydrogens (tertiary/aromatic N) is 2. The average molecular weight is 452 g/mol. The van der Waals surface area contributed by atoms with Gasteiger partial charge in [-0.1, -0.05) is 6.07 Å². The molecule has 0 unspecified atom stereocenters. The van der Waals surface area contributed by atoms with E-state index < -0.39 is 10.0 Å². The van der Waals surface area contributed by atoms with E-state index in [1.807, 2.05) is 6.92 Å². The molecule has 2 amide bonds. The number of likely N-dealkylation sites (tertiary alicyclic amines) is 1. The molecule has 0 atom stereocenters. The second-order valence-corrected chi connectivity index (χ2v) is 9.64. The molecule has 9 nitrogen and oxygen atoms in total. The minimum Gasteiger partial charge on any atom is -0.348 e. The number of hydrogen-bond donors (Lipinski definition) is 3. The molecular weight excluding hydrogens is 426 g/mol. The summed E-state index contributed by atoms with van der Waals surface area (Å²) < 4.78 is 22.8. The zero-order valence-electron chi connectivity index (χ0n) is 16.6. The van der Waals surface area contributed by atoms with Gasteiger partial charge in [-0.3, -0.25) is 9.59 Å². The number of aryl methyl sites for hydroxylation is 1. The van der Waals surface area contributed by atoms with E-state index in [4.69, 9.17) is 5.14 Å². The summed E-state index contributed by atoms with van der Waals surface area (Å²) in [6, 6.07) is 5.98. The predicted octanol–water partition coefficient (Wildman–Crippen LogP) is 1.32. The van der Waals surface area contributed by atoms with Gasteiger partial charge in [0.05, 0.1) is 16.1 Å². The van der Waals surface area contributed by atoms with Gasteiger partial charge in [0, 0.05) is 37.8 Å². The summed E-state index contributed by atoms with van der Waals surface area (Å²) in [5, 5.41) is 10.9. The van der Waals surface area contributed by atoms with Gasteiger partial charge in [0.25, 0.3) is 5.91 Å². The van der Waals surface area contributed by atoms with Crippen molar-refractivity contribution in [2.24, 2.45) is 5.14 Å². The lowest BCUT2D eigenvalue weighted by Crippen LogP contribution is -2.45. The Morgan fingerprint density at radius 2 is 2.03 bits per heavy atom. The fourth-order valence-electron chi connectivity index (χ4n) is 3.31. The van der Waals surface area contributed by atoms with Crippen LogP contribution in [0.2, 0.25) is 0 Å². The van der Waals surface area contributed by atoms with Gasteiger partial charge in [-0.25, -0.2) is 18.5 Å². The van der Waals surface area contributed by atoms with E-state index in [1.165, 1.54) is 29.5 Å². The minimum absolute atomic E-state index is 0.0436. The number of rotatable bonds is 7. The number of nitrogens with two attached hydrogens (primary N) is 1. The number of carbonyl (C=O) groups excluding carboxylic acids is 2. The van der Waals surface area contributed by atoms with Crippen molar-refractivity contribution in [3.8, 4) is 0 Å². The number of benzene rings is 1. The third kappa shape index (κ3) is 6.08. The van der Waals surface area contributed by atoms with E-state index in [0.29, 0.717) is 17.1 Å². The molecule has 11 heteroatoms. The molecule has 3 rings (SSSR count). The number of anilines is 1. The van der Waals surface area contributed by atoms with E-state index in [1.54, 1.807) is 11.6 Å². The van der Waals surface area contributed by atoms with Crippen LogP contribution in [0, 0.1) is 6.92 Å². The van der Waals surface area contributed by atoms with Gasteiger partial charge in [0.1, 0.15) is 4.88 Å². The predicted molar refractivity (Wildman–Crippen MR) is 115 cm³/mol. The summed E-state index contributed by atoms with van der Waals surface area (Å²) >= 11 is 1.34. The Hall–Kier alpha value is -2.34. The van der Waals surface area contributed by atoms with Crippen molar-refractivity contribution < 1.29 is 18.0 Å². The monoisotopic (exact) mass is 451 g/mol. The van der Waals surface area contributed by atoms with E-state index in [0.717, 1.165) is 31.6 Å². The van der Waals surface area contributed by atoms with Crippen LogP contribution in [0.3, 0.4) is 0 Å². The molecule has 0 aliphatic carbocycles. The summed E-state index contributed by atoms with van der Waals surface area (Å²) in [6.07, 6.45) is 1.93. The molecule has 2 aromatic rings. The molecule has 2 heterocycles. The first-order valence-electron chi connectivity index (χ1n) is 9.58. The van der Waals surface area contributed by atoms with Gasteiger partial charge in [-0.05, 0) is 38.0 Å². The number of thiazole rings is 1. The molecule has 1 aliphatic rings. The highest BCUT2D eigenvalue weighted by Crippen LogP contribution is 2.16. The Labute approximate surface area is 179 Å². The zero-order valence-corrected chi connectivity index (χ0v) is 18.3. The van der Waals surface area contributed by atoms with Crippen LogP contribution in [0.1, 0.15) is 34.6 Å². The second kappa shape index (κ2) is 9.65. The van der Waals surface area contributed by atoms with E-state index >= 15 is 0 Å². The molecule has 1 aromatic carbocycles. The number of nitrogens with one attached hydrogen (secondary N) is 2. The van der Waals surface area contributed by atoms with Crippen LogP contribution in [-0.4, -0.2) is 55.8 Å². The van der Waals surface area contributed by atoms with Crippen LogP contribution in [-0.2, 0) is 14.8 Å². The number of aromatic nitrogens is 1. The molecule has 0 bridgehead atoms. The highest BCUT2D eigenvalue weighted by molar-refractivity contribution is 7.89. The summed E-state index contributed by atoms with van der Waals surface area (Å²) in [5.41, 5.74) is 2.81. The standard InChI is InChI=1S/C19H25N5O4S2/c1-13-18(29-12-21-13)19(26)23-14-5-8-24(9-6-14)10-7-17(25)22-15-3-2-4-16(11-15)30(20,27)28/h2-4,11-12,14H,5-10H2,1H3,(H,22,25)(H,23,26)(H2,20,27,28). The van der Waals surface area contributed by atoms with Crippen molar-refractivity contribution in [2.45, 2.75) is 37.1 Å². The van der Waals surface area contributed by atoms with Crippen LogP contribution in [0.15, 0.2) is 34.7 Å². The summed E-state index contributed by atoms with van der Waals surface area (Å²) in [7, 11) is -3.81. The molecule has 0 saturated carbocycles. The molecule has 162 valence electrons. The summed E-state index contributed by atoms with van der Waals surface area (Å²) in [4.78, 5) is 31.4. The number of sulfonamides is 1. The van der Waals surface area contributed by atoms with Crippen LogP contribution >= 0.6 is 11.3 Å². The lowest BCUT2D eigenvalue weighted by Gasteiger charge is -2.32. The molecule has 1 aromatic heterocycles. The summed E-state index contributed by atoms with van der Waals surface area (Å²) in [6.45, 7) is 4.00. The lowest BCUT2D eigenvalue weighted by molar-refractivity contribution is -0.116. The topological polar surface area (TPSA) is 134 Å². The molecule has 30 heavy (non-hydrogen) atoms. The van der Waals surface area contributed by atoms with Crippen molar-refractivity contribution in [2.75, 3.05) is 25.0 Å². The minimum atomic E-state index is -3.81. The first-order valence-corrected chi connectivity index (χ1v) is 12.0. The number of hydrogen-bond acceptors (Lipinski definition) is 7. The van der Waals surface area contributed by atoms with Gasteiger partial charge >= 0.3 is 0 Å². The zero-order chi connectivity index (χ0) is 21.7. The maximum absolute atomic E-state index is 12.3. The van der Waals surface area contributed by atoms with Crippen LogP contribution < -0.4 is 15.8 Å². The van der Waals surface area contributed by atoms with Crippen LogP contribution in [0.25, 0.3) is 0 Å². The number of amides is 2. The van der Waals surface area contributed by atoms with Crippen molar-refractivity contribution in [3.05, 3.63) is 40.3 Å². The molecule has 1 fully saturated rings. The van der Waals surface area contributed by atoms with E-state index in [-0.39, 0.29) is 29.2 Å². The van der Waals surface area contributed by atoms with E-state index in [9.17, 15) is 18.0 Å². The van der Waals surface area contributed by atoms with Gasteiger partial charge in [-0.2, -0.15) is 0 Å². The van der Waals surface area contributed by atoms with Gasteiger partial charge < -0.3 is 15.5 Å².